The molecule has 0 spiro atoms. The second-order valence-electron chi connectivity index (χ2n) is 6.97. The van der Waals surface area contributed by atoms with Crippen LogP contribution in [0.1, 0.15) is 11.1 Å². The van der Waals surface area contributed by atoms with Gasteiger partial charge in [0.1, 0.15) is 18.2 Å². The Labute approximate surface area is 178 Å². The molecule has 0 aliphatic heterocycles. The molecule has 31 heavy (non-hydrogen) atoms. The number of benzene rings is 2. The number of anilines is 1. The van der Waals surface area contributed by atoms with Gasteiger partial charge in [-0.25, -0.2) is 13.6 Å². The predicted molar refractivity (Wildman–Crippen MR) is 113 cm³/mol. The van der Waals surface area contributed by atoms with Crippen molar-refractivity contribution >= 4 is 34.2 Å². The molecule has 10 heteroatoms. The molecule has 2 aromatic carbocycles. The first kappa shape index (κ1) is 20.6. The van der Waals surface area contributed by atoms with E-state index in [0.717, 1.165) is 43.9 Å². The first-order valence-electron chi connectivity index (χ1n) is 9.21. The molecule has 2 heterocycles. The maximum Gasteiger partial charge on any atom is 0.332 e. The van der Waals surface area contributed by atoms with E-state index in [4.69, 9.17) is 0 Å². The zero-order valence-corrected chi connectivity index (χ0v) is 17.1. The summed E-state index contributed by atoms with van der Waals surface area (Å²) in [4.78, 5) is 38.4. The molecule has 0 aliphatic carbocycles. The molecule has 0 saturated heterocycles. The number of nitrogens with one attached hydrogen (secondary N) is 1. The van der Waals surface area contributed by atoms with Gasteiger partial charge in [0.15, 0.2) is 5.52 Å². The molecule has 4 aromatic rings. The lowest BCUT2D eigenvalue weighted by Gasteiger charge is -2.12. The van der Waals surface area contributed by atoms with Gasteiger partial charge in [-0.3, -0.25) is 18.7 Å². The molecule has 4 rings (SSSR count). The number of amides is 1. The van der Waals surface area contributed by atoms with Crippen molar-refractivity contribution in [3.05, 3.63) is 91.4 Å². The summed E-state index contributed by atoms with van der Waals surface area (Å²) in [6.07, 6.45) is 0. The van der Waals surface area contributed by atoms with Crippen molar-refractivity contribution in [2.24, 2.45) is 0 Å². The molecule has 158 valence electrons. The Morgan fingerprint density at radius 2 is 1.94 bits per heavy atom. The summed E-state index contributed by atoms with van der Waals surface area (Å²) in [5.74, 6) is -2.42. The number of carbonyl (C=O) groups is 1. The lowest BCUT2D eigenvalue weighted by Crippen LogP contribution is -2.41. The molecule has 1 amide bonds. The molecule has 0 bridgehead atoms. The molecule has 0 unspecified atom stereocenters. The van der Waals surface area contributed by atoms with Gasteiger partial charge in [-0.1, -0.05) is 29.8 Å². The van der Waals surface area contributed by atoms with Gasteiger partial charge in [0, 0.05) is 11.4 Å². The first-order chi connectivity index (χ1) is 14.8. The number of aromatic nitrogens is 3. The fourth-order valence-corrected chi connectivity index (χ4v) is 3.91. The van der Waals surface area contributed by atoms with Gasteiger partial charge < -0.3 is 5.32 Å². The summed E-state index contributed by atoms with van der Waals surface area (Å²) in [7, 11) is 0. The van der Waals surface area contributed by atoms with Gasteiger partial charge in [-0.15, -0.1) is 0 Å². The van der Waals surface area contributed by atoms with E-state index in [9.17, 15) is 23.2 Å². The number of fused-ring (bicyclic) bond motifs is 1. The van der Waals surface area contributed by atoms with Crippen LogP contribution in [0.2, 0.25) is 0 Å². The average Bonchev–Trinajstić information content (AvgIpc) is 3.21. The van der Waals surface area contributed by atoms with Crippen molar-refractivity contribution in [1.29, 1.82) is 0 Å². The Morgan fingerprint density at radius 1 is 1.13 bits per heavy atom. The fraction of sp³-hybridized carbons (Fsp3) is 0.143. The SMILES string of the molecule is Cc1cccc(Cn2c(=O)c3nscc3n(CC(=O)Nc3ccc(F)cc3F)c2=O)c1. The number of halogens is 2. The lowest BCUT2D eigenvalue weighted by molar-refractivity contribution is -0.116. The van der Waals surface area contributed by atoms with Crippen LogP contribution in [0.5, 0.6) is 0 Å². The molecule has 7 nitrogen and oxygen atoms in total. The van der Waals surface area contributed by atoms with Crippen molar-refractivity contribution in [3.8, 4) is 0 Å². The molecule has 0 saturated carbocycles. The largest absolute Gasteiger partial charge is 0.332 e. The van der Waals surface area contributed by atoms with E-state index in [1.54, 1.807) is 6.07 Å². The summed E-state index contributed by atoms with van der Waals surface area (Å²) in [6, 6.07) is 10.1. The normalized spacial score (nSPS) is 11.1. The minimum atomic E-state index is -0.938. The van der Waals surface area contributed by atoms with Gasteiger partial charge in [0.05, 0.1) is 17.7 Å². The number of hydrogen-bond acceptors (Lipinski definition) is 5. The van der Waals surface area contributed by atoms with Crippen molar-refractivity contribution < 1.29 is 13.6 Å². The van der Waals surface area contributed by atoms with E-state index in [0.29, 0.717) is 6.07 Å². The smallest absolute Gasteiger partial charge is 0.322 e. The third-order valence-electron chi connectivity index (χ3n) is 4.68. The highest BCUT2D eigenvalue weighted by molar-refractivity contribution is 7.04. The molecule has 0 aliphatic rings. The topological polar surface area (TPSA) is 86.0 Å². The molecular formula is C21H16F2N4O3S. The first-order valence-corrected chi connectivity index (χ1v) is 10.1. The van der Waals surface area contributed by atoms with Crippen LogP contribution in [0.3, 0.4) is 0 Å². The van der Waals surface area contributed by atoms with E-state index in [1.165, 1.54) is 5.38 Å². The number of rotatable bonds is 5. The Kier molecular flexibility index (Phi) is 5.47. The van der Waals surface area contributed by atoms with Crippen LogP contribution in [-0.4, -0.2) is 19.4 Å². The summed E-state index contributed by atoms with van der Waals surface area (Å²) in [6.45, 7) is 1.44. The second-order valence-corrected chi connectivity index (χ2v) is 7.60. The van der Waals surface area contributed by atoms with E-state index in [2.05, 4.69) is 9.69 Å². The highest BCUT2D eigenvalue weighted by Crippen LogP contribution is 2.16. The fourth-order valence-electron chi connectivity index (χ4n) is 3.24. The Morgan fingerprint density at radius 3 is 2.68 bits per heavy atom. The quantitative estimate of drug-likeness (QED) is 0.515. The van der Waals surface area contributed by atoms with Crippen LogP contribution in [0.15, 0.2) is 57.4 Å². The molecule has 0 radical (unpaired) electrons. The summed E-state index contributed by atoms with van der Waals surface area (Å²) in [5, 5.41) is 3.82. The summed E-state index contributed by atoms with van der Waals surface area (Å²) >= 11 is 0.986. The van der Waals surface area contributed by atoms with Crippen LogP contribution in [0, 0.1) is 18.6 Å². The second kappa shape index (κ2) is 8.23. The number of carbonyl (C=O) groups excluding carboxylic acids is 1. The van der Waals surface area contributed by atoms with Gasteiger partial charge in [0.2, 0.25) is 5.91 Å². The van der Waals surface area contributed by atoms with E-state index < -0.39 is 35.3 Å². The third-order valence-corrected chi connectivity index (χ3v) is 5.30. The molecule has 0 atom stereocenters. The summed E-state index contributed by atoms with van der Waals surface area (Å²) in [5.41, 5.74) is 0.554. The molecular weight excluding hydrogens is 426 g/mol. The van der Waals surface area contributed by atoms with Gasteiger partial charge in [0.25, 0.3) is 5.56 Å². The maximum atomic E-state index is 13.8. The molecule has 1 N–H and O–H groups in total. The van der Waals surface area contributed by atoms with Gasteiger partial charge in [-0.05, 0) is 36.2 Å². The van der Waals surface area contributed by atoms with Crippen molar-refractivity contribution in [2.75, 3.05) is 5.32 Å². The standard InChI is InChI=1S/C21H16F2N4O3S/c1-12-3-2-4-13(7-12)9-27-20(29)19-17(11-31-25-19)26(21(27)30)10-18(28)24-16-6-5-14(22)8-15(16)23/h2-8,11H,9-10H2,1H3,(H,24,28). The van der Waals surface area contributed by atoms with Gasteiger partial charge >= 0.3 is 5.69 Å². The van der Waals surface area contributed by atoms with Crippen molar-refractivity contribution in [1.82, 2.24) is 13.5 Å². The Hall–Kier alpha value is -3.66. The van der Waals surface area contributed by atoms with E-state index in [1.807, 2.05) is 25.1 Å². The van der Waals surface area contributed by atoms with Crippen LogP contribution in [0.25, 0.3) is 11.0 Å². The van der Waals surface area contributed by atoms with Crippen molar-refractivity contribution in [2.45, 2.75) is 20.0 Å². The van der Waals surface area contributed by atoms with E-state index in [-0.39, 0.29) is 23.3 Å². The van der Waals surface area contributed by atoms with Crippen LogP contribution < -0.4 is 16.6 Å². The van der Waals surface area contributed by atoms with Crippen molar-refractivity contribution in [3.63, 3.8) is 0 Å². The number of aryl methyl sites for hydroxylation is 1. The van der Waals surface area contributed by atoms with E-state index >= 15 is 0 Å². The molecule has 2 aromatic heterocycles. The number of nitrogens with zero attached hydrogens (tertiary/aromatic N) is 3. The zero-order valence-electron chi connectivity index (χ0n) is 16.3. The predicted octanol–water partition coefficient (Wildman–Crippen LogP) is 2.89. The zero-order chi connectivity index (χ0) is 22.1. The average molecular weight is 442 g/mol. The maximum absolute atomic E-state index is 13.8. The monoisotopic (exact) mass is 442 g/mol. The Bertz CT molecular complexity index is 1420. The minimum Gasteiger partial charge on any atom is -0.322 e. The van der Waals surface area contributed by atoms with Crippen LogP contribution in [-0.2, 0) is 17.9 Å². The lowest BCUT2D eigenvalue weighted by atomic mass is 10.1. The third kappa shape index (κ3) is 4.15. The summed E-state index contributed by atoms with van der Waals surface area (Å²) < 4.78 is 33.1. The highest BCUT2D eigenvalue weighted by atomic mass is 32.1. The highest BCUT2D eigenvalue weighted by Gasteiger charge is 2.18. The minimum absolute atomic E-state index is 0.0149. The Balaban J connectivity index is 1.72. The molecule has 0 fully saturated rings. The number of hydrogen-bond donors (Lipinski definition) is 1. The van der Waals surface area contributed by atoms with Crippen LogP contribution in [0.4, 0.5) is 14.5 Å². The van der Waals surface area contributed by atoms with Crippen LogP contribution >= 0.6 is 11.5 Å². The van der Waals surface area contributed by atoms with Gasteiger partial charge in [-0.2, -0.15) is 4.37 Å².